The van der Waals surface area contributed by atoms with E-state index in [1.54, 1.807) is 0 Å². The van der Waals surface area contributed by atoms with Crippen LogP contribution < -0.4 is 15.6 Å². The van der Waals surface area contributed by atoms with Crippen LogP contribution in [0.2, 0.25) is 0 Å². The third-order valence-corrected chi connectivity index (χ3v) is 5.24. The number of primary sulfonamides is 1. The summed E-state index contributed by atoms with van der Waals surface area (Å²) in [5, 5.41) is 5.00. The molecular formula is C12H21N3O4S2. The SMILES string of the molecule is CC(C)CC(CN)NS(=O)(=O)c1cccc(S(N)(=O)=O)c1. The fourth-order valence-corrected chi connectivity index (χ4v) is 3.81. The van der Waals surface area contributed by atoms with Gasteiger partial charge >= 0.3 is 0 Å². The fourth-order valence-electron chi connectivity index (χ4n) is 1.87. The van der Waals surface area contributed by atoms with Crippen molar-refractivity contribution in [3.8, 4) is 0 Å². The van der Waals surface area contributed by atoms with Crippen molar-refractivity contribution >= 4 is 20.0 Å². The van der Waals surface area contributed by atoms with E-state index >= 15 is 0 Å². The minimum atomic E-state index is -3.96. The number of hydrogen-bond donors (Lipinski definition) is 3. The zero-order chi connectivity index (χ0) is 16.3. The van der Waals surface area contributed by atoms with Crippen molar-refractivity contribution in [3.05, 3.63) is 24.3 Å². The lowest BCUT2D eigenvalue weighted by Gasteiger charge is -2.19. The molecule has 7 nitrogen and oxygen atoms in total. The van der Waals surface area contributed by atoms with Gasteiger partial charge in [0.25, 0.3) is 0 Å². The second-order valence-corrected chi connectivity index (χ2v) is 8.48. The van der Waals surface area contributed by atoms with E-state index in [2.05, 4.69) is 4.72 Å². The van der Waals surface area contributed by atoms with Gasteiger partial charge in [-0.25, -0.2) is 26.7 Å². The molecule has 5 N–H and O–H groups in total. The molecule has 1 aromatic carbocycles. The zero-order valence-corrected chi connectivity index (χ0v) is 13.6. The van der Waals surface area contributed by atoms with Crippen LogP contribution in [0.5, 0.6) is 0 Å². The maximum Gasteiger partial charge on any atom is 0.240 e. The molecule has 1 atom stereocenters. The number of sulfonamides is 2. The van der Waals surface area contributed by atoms with Crippen molar-refractivity contribution in [2.24, 2.45) is 16.8 Å². The fraction of sp³-hybridized carbons (Fsp3) is 0.500. The second kappa shape index (κ2) is 6.84. The van der Waals surface area contributed by atoms with Crippen LogP contribution in [0.3, 0.4) is 0 Å². The molecule has 120 valence electrons. The van der Waals surface area contributed by atoms with Crippen molar-refractivity contribution < 1.29 is 16.8 Å². The molecule has 0 saturated carbocycles. The van der Waals surface area contributed by atoms with E-state index < -0.39 is 26.1 Å². The lowest BCUT2D eigenvalue weighted by Crippen LogP contribution is -2.41. The molecule has 0 aliphatic rings. The quantitative estimate of drug-likeness (QED) is 0.644. The van der Waals surface area contributed by atoms with Gasteiger partial charge in [-0.3, -0.25) is 0 Å². The molecular weight excluding hydrogens is 314 g/mol. The predicted molar refractivity (Wildman–Crippen MR) is 80.4 cm³/mol. The highest BCUT2D eigenvalue weighted by Crippen LogP contribution is 2.16. The van der Waals surface area contributed by atoms with Crippen LogP contribution in [0.15, 0.2) is 34.1 Å². The predicted octanol–water partition coefficient (Wildman–Crippen LogP) is -0.0143. The molecule has 0 amide bonds. The standard InChI is InChI=1S/C12H21N3O4S2/c1-9(2)6-10(8-13)15-21(18,19)12-5-3-4-11(7-12)20(14,16)17/h3-5,7,9-10,15H,6,8,13H2,1-2H3,(H2,14,16,17). The molecule has 1 aromatic rings. The molecule has 0 fully saturated rings. The van der Waals surface area contributed by atoms with Gasteiger partial charge in [-0.15, -0.1) is 0 Å². The Morgan fingerprint density at radius 3 is 2.19 bits per heavy atom. The maximum absolute atomic E-state index is 12.3. The summed E-state index contributed by atoms with van der Waals surface area (Å²) in [5.41, 5.74) is 5.56. The van der Waals surface area contributed by atoms with Gasteiger partial charge in [0.2, 0.25) is 20.0 Å². The lowest BCUT2D eigenvalue weighted by molar-refractivity contribution is 0.465. The first-order valence-corrected chi connectivity index (χ1v) is 9.44. The molecule has 0 aliphatic carbocycles. The third kappa shape index (κ3) is 5.36. The molecule has 0 heterocycles. The van der Waals surface area contributed by atoms with E-state index in [1.165, 1.54) is 18.2 Å². The van der Waals surface area contributed by atoms with Gasteiger partial charge in [0.15, 0.2) is 0 Å². The van der Waals surface area contributed by atoms with Gasteiger partial charge in [0.05, 0.1) is 9.79 Å². The summed E-state index contributed by atoms with van der Waals surface area (Å²) in [6.45, 7) is 4.07. The van der Waals surface area contributed by atoms with E-state index in [1.807, 2.05) is 13.8 Å². The normalized spacial score (nSPS) is 14.3. The molecule has 0 spiro atoms. The van der Waals surface area contributed by atoms with Gasteiger partial charge in [0, 0.05) is 12.6 Å². The summed E-state index contributed by atoms with van der Waals surface area (Å²) in [5.74, 6) is 0.275. The average Bonchev–Trinajstić information content (AvgIpc) is 2.36. The van der Waals surface area contributed by atoms with Crippen LogP contribution in [-0.4, -0.2) is 29.4 Å². The van der Waals surface area contributed by atoms with Crippen LogP contribution in [0, 0.1) is 5.92 Å². The smallest absolute Gasteiger partial charge is 0.240 e. The van der Waals surface area contributed by atoms with Crippen molar-refractivity contribution in [2.75, 3.05) is 6.54 Å². The number of nitrogens with two attached hydrogens (primary N) is 2. The Morgan fingerprint density at radius 1 is 1.14 bits per heavy atom. The van der Waals surface area contributed by atoms with Gasteiger partial charge in [0.1, 0.15) is 0 Å². The summed E-state index contributed by atoms with van der Waals surface area (Å²) in [7, 11) is -7.81. The third-order valence-electron chi connectivity index (χ3n) is 2.81. The number of benzene rings is 1. The van der Waals surface area contributed by atoms with Crippen LogP contribution in [-0.2, 0) is 20.0 Å². The van der Waals surface area contributed by atoms with Gasteiger partial charge < -0.3 is 5.73 Å². The molecule has 1 unspecified atom stereocenters. The van der Waals surface area contributed by atoms with Gasteiger partial charge in [-0.05, 0) is 30.5 Å². The molecule has 0 aromatic heterocycles. The van der Waals surface area contributed by atoms with Crippen molar-refractivity contribution in [3.63, 3.8) is 0 Å². The molecule has 9 heteroatoms. The molecule has 0 radical (unpaired) electrons. The lowest BCUT2D eigenvalue weighted by atomic mass is 10.1. The van der Waals surface area contributed by atoms with Crippen molar-refractivity contribution in [2.45, 2.75) is 36.1 Å². The van der Waals surface area contributed by atoms with Crippen LogP contribution in [0.4, 0.5) is 0 Å². The van der Waals surface area contributed by atoms with E-state index in [9.17, 15) is 16.8 Å². The van der Waals surface area contributed by atoms with Crippen LogP contribution in [0.25, 0.3) is 0 Å². The Morgan fingerprint density at radius 2 is 1.71 bits per heavy atom. The molecule has 1 rings (SSSR count). The Kier molecular flexibility index (Phi) is 5.88. The minimum Gasteiger partial charge on any atom is -0.329 e. The first-order chi connectivity index (χ1) is 9.56. The van der Waals surface area contributed by atoms with Crippen LogP contribution in [0.1, 0.15) is 20.3 Å². The average molecular weight is 335 g/mol. The second-order valence-electron chi connectivity index (χ2n) is 5.20. The molecule has 0 aliphatic heterocycles. The van der Waals surface area contributed by atoms with E-state index in [0.29, 0.717) is 6.42 Å². The highest BCUT2D eigenvalue weighted by Gasteiger charge is 2.21. The summed E-state index contributed by atoms with van der Waals surface area (Å²) in [6.07, 6.45) is 0.588. The summed E-state index contributed by atoms with van der Waals surface area (Å²) < 4.78 is 49.6. The topological polar surface area (TPSA) is 132 Å². The Hall–Kier alpha value is -1.00. The monoisotopic (exact) mass is 335 g/mol. The summed E-state index contributed by atoms with van der Waals surface area (Å²) >= 11 is 0. The number of rotatable bonds is 7. The molecule has 0 bridgehead atoms. The zero-order valence-electron chi connectivity index (χ0n) is 12.0. The Labute approximate surface area is 125 Å². The Bertz CT molecular complexity index is 684. The number of hydrogen-bond acceptors (Lipinski definition) is 5. The van der Waals surface area contributed by atoms with Crippen molar-refractivity contribution in [1.82, 2.24) is 4.72 Å². The molecule has 0 saturated heterocycles. The highest BCUT2D eigenvalue weighted by atomic mass is 32.2. The van der Waals surface area contributed by atoms with Crippen molar-refractivity contribution in [1.29, 1.82) is 0 Å². The molecule has 21 heavy (non-hydrogen) atoms. The van der Waals surface area contributed by atoms with E-state index in [4.69, 9.17) is 10.9 Å². The van der Waals surface area contributed by atoms with Gasteiger partial charge in [-0.1, -0.05) is 19.9 Å². The maximum atomic E-state index is 12.3. The van der Waals surface area contributed by atoms with Gasteiger partial charge in [-0.2, -0.15) is 0 Å². The largest absolute Gasteiger partial charge is 0.329 e. The Balaban J connectivity index is 3.08. The van der Waals surface area contributed by atoms with Crippen LogP contribution >= 0.6 is 0 Å². The number of nitrogens with one attached hydrogen (secondary N) is 1. The van der Waals surface area contributed by atoms with E-state index in [-0.39, 0.29) is 22.3 Å². The minimum absolute atomic E-state index is 0.156. The first kappa shape index (κ1) is 18.1. The van der Waals surface area contributed by atoms with E-state index in [0.717, 1.165) is 6.07 Å². The first-order valence-electron chi connectivity index (χ1n) is 6.41. The summed E-state index contributed by atoms with van der Waals surface area (Å²) in [6, 6.07) is 4.49. The highest BCUT2D eigenvalue weighted by molar-refractivity contribution is 7.90. The summed E-state index contributed by atoms with van der Waals surface area (Å²) in [4.78, 5) is -0.408.